The van der Waals surface area contributed by atoms with Gasteiger partial charge in [0.2, 0.25) is 0 Å². The zero-order valence-corrected chi connectivity index (χ0v) is 11.7. The summed E-state index contributed by atoms with van der Waals surface area (Å²) < 4.78 is 10.2. The number of carbonyl (C=O) groups excluding carboxylic acids is 1. The Morgan fingerprint density at radius 3 is 2.43 bits per heavy atom. The first-order valence-electron chi connectivity index (χ1n) is 6.43. The molecule has 1 unspecified atom stereocenters. The lowest BCUT2D eigenvalue weighted by Crippen LogP contribution is -2.37. The number of hydrogen-bond donors (Lipinski definition) is 1. The molecule has 0 aromatic heterocycles. The first-order chi connectivity index (χ1) is 10.0. The van der Waals surface area contributed by atoms with Crippen LogP contribution in [0.5, 0.6) is 5.75 Å². The van der Waals surface area contributed by atoms with Crippen LogP contribution in [0.2, 0.25) is 0 Å². The van der Waals surface area contributed by atoms with E-state index in [1.165, 1.54) is 6.92 Å². The average molecular weight is 284 g/mol. The highest BCUT2D eigenvalue weighted by Crippen LogP contribution is 2.31. The van der Waals surface area contributed by atoms with Crippen molar-refractivity contribution in [2.45, 2.75) is 12.9 Å². The minimum atomic E-state index is -2.07. The molecule has 0 spiro atoms. The Bertz CT molecular complexity index is 632. The number of benzene rings is 2. The number of ether oxygens (including phenoxy) is 2. The lowest BCUT2D eigenvalue weighted by molar-refractivity contribution is -0.287. The van der Waals surface area contributed by atoms with Crippen molar-refractivity contribution in [3.05, 3.63) is 67.3 Å². The van der Waals surface area contributed by atoms with Gasteiger partial charge in [0, 0.05) is 18.6 Å². The van der Waals surface area contributed by atoms with Gasteiger partial charge in [-0.1, -0.05) is 55.1 Å². The van der Waals surface area contributed by atoms with Crippen molar-refractivity contribution >= 4 is 5.97 Å². The first-order valence-corrected chi connectivity index (χ1v) is 6.43. The maximum absolute atomic E-state index is 11.2. The topological polar surface area (TPSA) is 55.8 Å². The summed E-state index contributed by atoms with van der Waals surface area (Å²) in [6.07, 6.45) is 0.959. The molecule has 4 nitrogen and oxygen atoms in total. The number of rotatable bonds is 5. The second-order valence-electron chi connectivity index (χ2n) is 4.49. The van der Waals surface area contributed by atoms with Gasteiger partial charge in [0.05, 0.1) is 0 Å². The van der Waals surface area contributed by atoms with E-state index in [4.69, 9.17) is 9.47 Å². The lowest BCUT2D eigenvalue weighted by Gasteiger charge is -2.24. The van der Waals surface area contributed by atoms with Crippen LogP contribution in [-0.4, -0.2) is 17.0 Å². The maximum atomic E-state index is 11.2. The van der Waals surface area contributed by atoms with Gasteiger partial charge in [-0.05, 0) is 11.6 Å². The summed E-state index contributed by atoms with van der Waals surface area (Å²) in [6.45, 7) is 4.52. The third-order valence-corrected chi connectivity index (χ3v) is 2.73. The zero-order chi connectivity index (χ0) is 15.3. The van der Waals surface area contributed by atoms with Crippen LogP contribution in [0, 0.1) is 0 Å². The third-order valence-electron chi connectivity index (χ3n) is 2.73. The second kappa shape index (κ2) is 6.24. The van der Waals surface area contributed by atoms with Gasteiger partial charge in [-0.25, -0.2) is 4.79 Å². The van der Waals surface area contributed by atoms with E-state index in [1.54, 1.807) is 12.1 Å². The quantitative estimate of drug-likeness (QED) is 0.520. The maximum Gasteiger partial charge on any atom is 0.368 e. The molecule has 0 heterocycles. The van der Waals surface area contributed by atoms with Gasteiger partial charge in [0.1, 0.15) is 5.75 Å². The van der Waals surface area contributed by atoms with Crippen molar-refractivity contribution < 1.29 is 19.4 Å². The summed E-state index contributed by atoms with van der Waals surface area (Å²) in [7, 11) is 0. The Morgan fingerprint density at radius 2 is 1.76 bits per heavy atom. The van der Waals surface area contributed by atoms with Crippen LogP contribution < -0.4 is 4.74 Å². The van der Waals surface area contributed by atoms with Crippen molar-refractivity contribution in [1.29, 1.82) is 0 Å². The van der Waals surface area contributed by atoms with Crippen LogP contribution in [-0.2, 0) is 9.53 Å². The van der Waals surface area contributed by atoms with Gasteiger partial charge in [-0.15, -0.1) is 0 Å². The third kappa shape index (κ3) is 3.94. The molecule has 0 amide bonds. The smallest absolute Gasteiger partial charge is 0.368 e. The van der Waals surface area contributed by atoms with E-state index < -0.39 is 11.9 Å². The van der Waals surface area contributed by atoms with Crippen LogP contribution >= 0.6 is 0 Å². The number of aliphatic hydroxyl groups is 1. The van der Waals surface area contributed by atoms with Crippen LogP contribution in [0.3, 0.4) is 0 Å². The van der Waals surface area contributed by atoms with Gasteiger partial charge >= 0.3 is 11.9 Å². The monoisotopic (exact) mass is 284 g/mol. The molecule has 0 aliphatic heterocycles. The molecule has 2 aromatic rings. The zero-order valence-electron chi connectivity index (χ0n) is 11.7. The number of hydrogen-bond acceptors (Lipinski definition) is 4. The summed E-state index contributed by atoms with van der Waals surface area (Å²) in [5.41, 5.74) is 1.71. The van der Waals surface area contributed by atoms with Crippen molar-refractivity contribution in [2.24, 2.45) is 0 Å². The minimum absolute atomic E-state index is 0.408. The van der Waals surface area contributed by atoms with E-state index in [9.17, 15) is 9.90 Å². The van der Waals surface area contributed by atoms with E-state index >= 15 is 0 Å². The number of para-hydroxylation sites is 1. The van der Waals surface area contributed by atoms with E-state index in [1.807, 2.05) is 42.5 Å². The van der Waals surface area contributed by atoms with E-state index in [0.29, 0.717) is 5.75 Å². The predicted molar refractivity (Wildman–Crippen MR) is 79.4 cm³/mol. The van der Waals surface area contributed by atoms with Crippen LogP contribution in [0.4, 0.5) is 0 Å². The van der Waals surface area contributed by atoms with E-state index in [-0.39, 0.29) is 0 Å². The molecule has 21 heavy (non-hydrogen) atoms. The van der Waals surface area contributed by atoms with Gasteiger partial charge in [0.15, 0.2) is 0 Å². The second-order valence-corrected chi connectivity index (χ2v) is 4.49. The van der Waals surface area contributed by atoms with Crippen molar-refractivity contribution in [3.63, 3.8) is 0 Å². The SMILES string of the molecule is C=CC(=O)OC(C)(O)Oc1ccccc1-c1ccccc1. The molecule has 0 fully saturated rings. The largest absolute Gasteiger partial charge is 0.430 e. The molecule has 0 aliphatic rings. The molecule has 0 bridgehead atoms. The van der Waals surface area contributed by atoms with Crippen LogP contribution in [0.15, 0.2) is 67.3 Å². The summed E-state index contributed by atoms with van der Waals surface area (Å²) in [5, 5.41) is 10.0. The molecule has 4 heteroatoms. The average Bonchev–Trinajstić information content (AvgIpc) is 2.47. The Morgan fingerprint density at radius 1 is 1.14 bits per heavy atom. The van der Waals surface area contributed by atoms with Gasteiger partial charge in [-0.3, -0.25) is 0 Å². The Kier molecular flexibility index (Phi) is 4.40. The molecule has 1 N–H and O–H groups in total. The van der Waals surface area contributed by atoms with Gasteiger partial charge < -0.3 is 14.6 Å². The molecule has 0 aliphatic carbocycles. The normalized spacial score (nSPS) is 13.0. The predicted octanol–water partition coefficient (Wildman–Crippen LogP) is 3.13. The highest BCUT2D eigenvalue weighted by atomic mass is 16.8. The minimum Gasteiger partial charge on any atom is -0.430 e. The van der Waals surface area contributed by atoms with Gasteiger partial charge in [0.25, 0.3) is 0 Å². The number of esters is 1. The molecular formula is C17H16O4. The number of carbonyl (C=O) groups is 1. The molecule has 0 saturated heterocycles. The van der Waals surface area contributed by atoms with E-state index in [0.717, 1.165) is 17.2 Å². The summed E-state index contributed by atoms with van der Waals surface area (Å²) in [6, 6.07) is 16.7. The van der Waals surface area contributed by atoms with Crippen molar-refractivity contribution in [1.82, 2.24) is 0 Å². The van der Waals surface area contributed by atoms with Crippen LogP contribution in [0.25, 0.3) is 11.1 Å². The Hall–Kier alpha value is -2.59. The lowest BCUT2D eigenvalue weighted by atomic mass is 10.1. The fraction of sp³-hybridized carbons (Fsp3) is 0.118. The Labute approximate surface area is 123 Å². The Balaban J connectivity index is 2.29. The fourth-order valence-corrected chi connectivity index (χ4v) is 1.87. The summed E-state index contributed by atoms with van der Waals surface area (Å²) in [4.78, 5) is 11.2. The molecular weight excluding hydrogens is 268 g/mol. The summed E-state index contributed by atoms with van der Waals surface area (Å²) >= 11 is 0. The van der Waals surface area contributed by atoms with Crippen LogP contribution in [0.1, 0.15) is 6.92 Å². The molecule has 0 saturated carbocycles. The van der Waals surface area contributed by atoms with Gasteiger partial charge in [-0.2, -0.15) is 0 Å². The highest BCUT2D eigenvalue weighted by Gasteiger charge is 2.28. The van der Waals surface area contributed by atoms with Crippen molar-refractivity contribution in [3.8, 4) is 16.9 Å². The first kappa shape index (κ1) is 14.8. The highest BCUT2D eigenvalue weighted by molar-refractivity contribution is 5.81. The summed E-state index contributed by atoms with van der Waals surface area (Å²) in [5.74, 6) is -2.43. The van der Waals surface area contributed by atoms with Crippen molar-refractivity contribution in [2.75, 3.05) is 0 Å². The molecule has 1 atom stereocenters. The fourth-order valence-electron chi connectivity index (χ4n) is 1.87. The molecule has 2 aromatic carbocycles. The molecule has 2 rings (SSSR count). The molecule has 0 radical (unpaired) electrons. The molecule has 108 valence electrons. The van der Waals surface area contributed by atoms with E-state index in [2.05, 4.69) is 6.58 Å². The standard InChI is InChI=1S/C17H16O4/c1-3-16(18)21-17(2,19)20-15-12-8-7-11-14(15)13-9-5-4-6-10-13/h3-12,19H,1H2,2H3.